The lowest BCUT2D eigenvalue weighted by molar-refractivity contribution is -0.456. The minimum Gasteiger partial charge on any atom is -0.476 e. The molecule has 0 fully saturated rings. The number of rotatable bonds is 5. The van der Waals surface area contributed by atoms with Crippen LogP contribution in [-0.2, 0) is 9.53 Å². The maximum Gasteiger partial charge on any atom is 0.597 e. The van der Waals surface area contributed by atoms with Gasteiger partial charge < -0.3 is 14.4 Å². The highest BCUT2D eigenvalue weighted by molar-refractivity contribution is 14.1. The molecule has 180 valence electrons. The molecular weight excluding hydrogens is 557 g/mol. The van der Waals surface area contributed by atoms with Crippen molar-refractivity contribution in [2.24, 2.45) is 0 Å². The third-order valence-electron chi connectivity index (χ3n) is 4.99. The summed E-state index contributed by atoms with van der Waals surface area (Å²) in [7, 11) is 0. The van der Waals surface area contributed by atoms with Gasteiger partial charge in [-0.15, -0.1) is 4.58 Å². The van der Waals surface area contributed by atoms with E-state index in [-0.39, 0.29) is 25.2 Å². The van der Waals surface area contributed by atoms with Crippen LogP contribution in [0.4, 0.5) is 13.6 Å². The lowest BCUT2D eigenvalue weighted by Gasteiger charge is -2.29. The quantitative estimate of drug-likeness (QED) is 0.363. The van der Waals surface area contributed by atoms with E-state index in [0.29, 0.717) is 11.5 Å². The van der Waals surface area contributed by atoms with E-state index in [2.05, 4.69) is 29.2 Å². The van der Waals surface area contributed by atoms with Crippen LogP contribution in [0.25, 0.3) is 0 Å². The van der Waals surface area contributed by atoms with Gasteiger partial charge in [0.1, 0.15) is 17.9 Å². The SMILES string of the molecule is C=CC1=[N+](C(=O)OC(C)(C)C)CCN(C(=O)C(Oc2ccc(I)cc2)c2ccc(F)c(F)c2)C1. The first-order valence-corrected chi connectivity index (χ1v) is 11.7. The normalized spacial score (nSPS) is 15.1. The standard InChI is InChI=1S/C25H26F2IN2O4/c1-5-18-15-29(12-13-30(18)24(32)34-25(2,3)4)23(31)22(16-6-11-20(26)21(27)14-16)33-19-9-7-17(28)8-10-19/h5-11,14,22H,1,12-13,15H2,2-4H3/q+1. The second-order valence-electron chi connectivity index (χ2n) is 8.71. The maximum absolute atomic E-state index is 14.0. The molecule has 0 bridgehead atoms. The van der Waals surface area contributed by atoms with Gasteiger partial charge in [-0.3, -0.25) is 4.79 Å². The van der Waals surface area contributed by atoms with Crippen molar-refractivity contribution in [3.63, 3.8) is 0 Å². The fourth-order valence-corrected chi connectivity index (χ4v) is 3.72. The average Bonchev–Trinajstić information content (AvgIpc) is 2.78. The fourth-order valence-electron chi connectivity index (χ4n) is 3.36. The van der Waals surface area contributed by atoms with Crippen LogP contribution in [-0.4, -0.2) is 52.4 Å². The van der Waals surface area contributed by atoms with Gasteiger partial charge >= 0.3 is 6.09 Å². The van der Waals surface area contributed by atoms with Crippen LogP contribution in [0.1, 0.15) is 32.4 Å². The molecule has 2 aromatic rings. The maximum atomic E-state index is 14.0. The number of ether oxygens (including phenoxy) is 2. The van der Waals surface area contributed by atoms with E-state index in [1.54, 1.807) is 32.9 Å². The van der Waals surface area contributed by atoms with Crippen molar-refractivity contribution in [3.8, 4) is 5.75 Å². The largest absolute Gasteiger partial charge is 0.597 e. The molecule has 0 aromatic heterocycles. The average molecular weight is 583 g/mol. The molecular formula is C25H26F2IN2O4+. The highest BCUT2D eigenvalue weighted by Crippen LogP contribution is 2.27. The van der Waals surface area contributed by atoms with Crippen molar-refractivity contribution < 1.29 is 32.4 Å². The molecule has 3 rings (SSSR count). The van der Waals surface area contributed by atoms with Crippen molar-refractivity contribution in [2.45, 2.75) is 32.5 Å². The first-order valence-electron chi connectivity index (χ1n) is 10.6. The summed E-state index contributed by atoms with van der Waals surface area (Å²) in [6, 6.07) is 10.3. The Balaban J connectivity index is 1.90. The number of amides is 2. The summed E-state index contributed by atoms with van der Waals surface area (Å²) < 4.78 is 41.4. The minimum absolute atomic E-state index is 0.0812. The van der Waals surface area contributed by atoms with Gasteiger partial charge in [0, 0.05) is 15.2 Å². The number of hydrogen-bond donors (Lipinski definition) is 0. The zero-order chi connectivity index (χ0) is 25.0. The van der Waals surface area contributed by atoms with Gasteiger partial charge in [0.25, 0.3) is 5.91 Å². The van der Waals surface area contributed by atoms with Crippen molar-refractivity contribution in [1.29, 1.82) is 0 Å². The van der Waals surface area contributed by atoms with Crippen LogP contribution in [0.5, 0.6) is 5.75 Å². The molecule has 9 heteroatoms. The summed E-state index contributed by atoms with van der Waals surface area (Å²) in [5.41, 5.74) is -0.000549. The van der Waals surface area contributed by atoms with Crippen molar-refractivity contribution in [1.82, 2.24) is 4.90 Å². The number of nitrogens with zero attached hydrogens (tertiary/aromatic N) is 2. The molecule has 2 aromatic carbocycles. The second kappa shape index (κ2) is 10.6. The lowest BCUT2D eigenvalue weighted by atomic mass is 10.1. The third-order valence-corrected chi connectivity index (χ3v) is 5.71. The number of benzene rings is 2. The molecule has 1 unspecified atom stereocenters. The summed E-state index contributed by atoms with van der Waals surface area (Å²) in [6.45, 7) is 9.54. The summed E-state index contributed by atoms with van der Waals surface area (Å²) in [6.07, 6.45) is -0.244. The van der Waals surface area contributed by atoms with Crippen LogP contribution in [0.3, 0.4) is 0 Å². The number of carbonyl (C=O) groups is 2. The molecule has 0 aliphatic carbocycles. The molecule has 0 saturated carbocycles. The highest BCUT2D eigenvalue weighted by Gasteiger charge is 2.38. The molecule has 1 aliphatic heterocycles. The van der Waals surface area contributed by atoms with Crippen molar-refractivity contribution in [3.05, 3.63) is 75.9 Å². The summed E-state index contributed by atoms with van der Waals surface area (Å²) in [5.74, 6) is -2.14. The summed E-state index contributed by atoms with van der Waals surface area (Å²) in [5, 5.41) is 0. The highest BCUT2D eigenvalue weighted by atomic mass is 127. The molecule has 1 heterocycles. The Morgan fingerprint density at radius 1 is 1.15 bits per heavy atom. The van der Waals surface area contributed by atoms with Crippen molar-refractivity contribution in [2.75, 3.05) is 19.6 Å². The van der Waals surface area contributed by atoms with E-state index < -0.39 is 35.3 Å². The molecule has 6 nitrogen and oxygen atoms in total. The van der Waals surface area contributed by atoms with Gasteiger partial charge in [-0.1, -0.05) is 12.6 Å². The van der Waals surface area contributed by atoms with Gasteiger partial charge in [-0.25, -0.2) is 8.78 Å². The van der Waals surface area contributed by atoms with E-state index in [0.717, 1.165) is 15.7 Å². The molecule has 0 radical (unpaired) electrons. The molecule has 1 atom stereocenters. The Hall–Kier alpha value is -2.82. The van der Waals surface area contributed by atoms with Gasteiger partial charge in [0.2, 0.25) is 11.8 Å². The zero-order valence-corrected chi connectivity index (χ0v) is 21.3. The molecule has 0 N–H and O–H groups in total. The minimum atomic E-state index is -1.21. The van der Waals surface area contributed by atoms with E-state index in [4.69, 9.17) is 9.47 Å². The van der Waals surface area contributed by atoms with Gasteiger partial charge in [-0.05, 0) is 79.8 Å². The summed E-state index contributed by atoms with van der Waals surface area (Å²) >= 11 is 2.14. The Bertz CT molecular complexity index is 1130. The lowest BCUT2D eigenvalue weighted by Crippen LogP contribution is -2.51. The Labute approximate surface area is 211 Å². The zero-order valence-electron chi connectivity index (χ0n) is 19.2. The number of hydrogen-bond acceptors (Lipinski definition) is 4. The van der Waals surface area contributed by atoms with Gasteiger partial charge in [-0.2, -0.15) is 4.79 Å². The van der Waals surface area contributed by atoms with Crippen LogP contribution < -0.4 is 4.74 Å². The second-order valence-corrected chi connectivity index (χ2v) is 9.96. The Morgan fingerprint density at radius 2 is 1.82 bits per heavy atom. The van der Waals surface area contributed by atoms with Crippen LogP contribution >= 0.6 is 22.6 Å². The van der Waals surface area contributed by atoms with E-state index >= 15 is 0 Å². The van der Waals surface area contributed by atoms with E-state index in [9.17, 15) is 18.4 Å². The Morgan fingerprint density at radius 3 is 2.41 bits per heavy atom. The molecule has 1 aliphatic rings. The van der Waals surface area contributed by atoms with Gasteiger partial charge in [0.05, 0.1) is 6.54 Å². The fraction of sp³-hybridized carbons (Fsp3) is 0.320. The molecule has 34 heavy (non-hydrogen) atoms. The van der Waals surface area contributed by atoms with Crippen LogP contribution in [0.15, 0.2) is 55.1 Å². The van der Waals surface area contributed by atoms with Crippen molar-refractivity contribution >= 4 is 40.3 Å². The van der Waals surface area contributed by atoms with Crippen LogP contribution in [0, 0.1) is 15.2 Å². The first-order chi connectivity index (χ1) is 16.0. The van der Waals surface area contributed by atoms with Gasteiger partial charge in [0.15, 0.2) is 18.2 Å². The topological polar surface area (TPSA) is 58.8 Å². The van der Waals surface area contributed by atoms with E-state index in [1.807, 2.05) is 12.1 Å². The molecule has 0 saturated heterocycles. The smallest absolute Gasteiger partial charge is 0.476 e. The third kappa shape index (κ3) is 6.40. The van der Waals surface area contributed by atoms with E-state index in [1.165, 1.54) is 21.6 Å². The molecule has 2 amide bonds. The summed E-state index contributed by atoms with van der Waals surface area (Å²) in [4.78, 5) is 27.6. The molecule has 0 spiro atoms. The van der Waals surface area contributed by atoms with Crippen LogP contribution in [0.2, 0.25) is 0 Å². The predicted octanol–water partition coefficient (Wildman–Crippen LogP) is 5.11. The first kappa shape index (κ1) is 25.8. The predicted molar refractivity (Wildman–Crippen MR) is 132 cm³/mol. The monoisotopic (exact) mass is 583 g/mol. The number of carbonyl (C=O) groups excluding carboxylic acids is 2. The number of halogens is 3. The Kier molecular flexibility index (Phi) is 8.06.